The van der Waals surface area contributed by atoms with Gasteiger partial charge in [0.25, 0.3) is 0 Å². The number of rotatable bonds is 11. The van der Waals surface area contributed by atoms with Crippen molar-refractivity contribution in [2.24, 2.45) is 29.1 Å². The highest BCUT2D eigenvalue weighted by Gasteiger charge is 2.51. The minimum atomic E-state index is -1.05. The molecule has 10 heteroatoms. The van der Waals surface area contributed by atoms with Crippen molar-refractivity contribution in [2.45, 2.75) is 96.6 Å². The van der Waals surface area contributed by atoms with Gasteiger partial charge in [0, 0.05) is 13.7 Å². The molecule has 242 valence electrons. The number of imidazole rings is 1. The lowest BCUT2D eigenvalue weighted by molar-refractivity contribution is -0.135. The summed E-state index contributed by atoms with van der Waals surface area (Å²) in [4.78, 5) is 48.1. The van der Waals surface area contributed by atoms with Crippen molar-refractivity contribution in [1.29, 1.82) is 0 Å². The Balaban J connectivity index is 1.48. The first kappa shape index (κ1) is 32.3. The molecule has 4 N–H and O–H groups in total. The van der Waals surface area contributed by atoms with E-state index in [2.05, 4.69) is 34.8 Å². The standard InChI is InChI=1S/C34H51N5O5/c1-7-35-30(40)27(23-9-8-10-23)38-31(41)33(4,19-43-5)24-11-12-25-26(15-24)37-29(36-25)28(39-32(42)44-6)34-16-20(2)13-22(18-34)14-21(3)17-34/h11-12,15,20-23,27-28H,7-10,13-14,16-19H2,1-6H3,(H,35,40)(H,36,37)(H,38,41)(H,39,42)/t20?,21?,22?,27-,28?,33?,34?/m1/s1. The zero-order valence-electron chi connectivity index (χ0n) is 27.3. The molecule has 1 aromatic heterocycles. The third kappa shape index (κ3) is 6.32. The number of nitrogens with zero attached hydrogens (tertiary/aromatic N) is 1. The summed E-state index contributed by atoms with van der Waals surface area (Å²) in [6, 6.07) is 4.89. The molecule has 1 aromatic carbocycles. The molecule has 5 atom stereocenters. The van der Waals surface area contributed by atoms with Crippen molar-refractivity contribution < 1.29 is 23.9 Å². The van der Waals surface area contributed by atoms with Crippen LogP contribution in [0.25, 0.3) is 11.0 Å². The molecule has 10 nitrogen and oxygen atoms in total. The number of amides is 3. The monoisotopic (exact) mass is 609 g/mol. The zero-order chi connectivity index (χ0) is 31.6. The quantitative estimate of drug-likeness (QED) is 0.279. The molecule has 3 saturated carbocycles. The number of carbonyl (C=O) groups is 3. The van der Waals surface area contributed by atoms with Gasteiger partial charge in [-0.1, -0.05) is 26.3 Å². The van der Waals surface area contributed by atoms with Gasteiger partial charge < -0.3 is 30.4 Å². The van der Waals surface area contributed by atoms with E-state index in [9.17, 15) is 14.4 Å². The molecule has 5 rings (SSSR count). The van der Waals surface area contributed by atoms with E-state index < -0.39 is 17.6 Å². The van der Waals surface area contributed by atoms with Gasteiger partial charge in [0.15, 0.2) is 0 Å². The van der Waals surface area contributed by atoms with Crippen LogP contribution in [0.4, 0.5) is 4.79 Å². The lowest BCUT2D eigenvalue weighted by Crippen LogP contribution is -2.57. The molecule has 0 saturated heterocycles. The van der Waals surface area contributed by atoms with Crippen LogP contribution in [0.5, 0.6) is 0 Å². The number of hydrogen-bond acceptors (Lipinski definition) is 6. The lowest BCUT2D eigenvalue weighted by atomic mass is 9.54. The van der Waals surface area contributed by atoms with Gasteiger partial charge in [-0.25, -0.2) is 9.78 Å². The number of H-pyrrole nitrogens is 1. The fourth-order valence-electron chi connectivity index (χ4n) is 8.66. The number of ether oxygens (including phenoxy) is 2. The van der Waals surface area contributed by atoms with Gasteiger partial charge in [0.05, 0.1) is 36.2 Å². The van der Waals surface area contributed by atoms with Crippen LogP contribution in [0.3, 0.4) is 0 Å². The molecular weight excluding hydrogens is 558 g/mol. The van der Waals surface area contributed by atoms with E-state index >= 15 is 0 Å². The number of methoxy groups -OCH3 is 2. The first-order valence-electron chi connectivity index (χ1n) is 16.4. The van der Waals surface area contributed by atoms with E-state index in [1.165, 1.54) is 20.0 Å². The average Bonchev–Trinajstić information content (AvgIpc) is 3.36. The molecule has 0 radical (unpaired) electrons. The molecular formula is C34H51N5O5. The maximum absolute atomic E-state index is 14.0. The largest absolute Gasteiger partial charge is 0.453 e. The van der Waals surface area contributed by atoms with Gasteiger partial charge in [0.1, 0.15) is 11.9 Å². The Hall–Kier alpha value is -3.14. The molecule has 0 spiro atoms. The molecule has 3 amide bonds. The molecule has 3 fully saturated rings. The summed E-state index contributed by atoms with van der Waals surface area (Å²) in [5, 5.41) is 9.14. The summed E-state index contributed by atoms with van der Waals surface area (Å²) in [6.07, 6.45) is 7.99. The normalized spacial score (nSPS) is 27.8. The fourth-order valence-corrected chi connectivity index (χ4v) is 8.66. The van der Waals surface area contributed by atoms with E-state index in [0.717, 1.165) is 55.1 Å². The van der Waals surface area contributed by atoms with Crippen LogP contribution >= 0.6 is 0 Å². The number of hydrogen-bond donors (Lipinski definition) is 4. The van der Waals surface area contributed by atoms with Gasteiger partial charge in [-0.05, 0) is 106 Å². The van der Waals surface area contributed by atoms with E-state index in [-0.39, 0.29) is 35.8 Å². The number of benzene rings is 1. The van der Waals surface area contributed by atoms with Crippen LogP contribution in [0.2, 0.25) is 0 Å². The molecule has 3 aliphatic carbocycles. The molecule has 2 aromatic rings. The first-order valence-corrected chi connectivity index (χ1v) is 16.4. The molecule has 1 heterocycles. The third-order valence-corrected chi connectivity index (χ3v) is 10.6. The maximum atomic E-state index is 14.0. The second kappa shape index (κ2) is 13.1. The minimum Gasteiger partial charge on any atom is -0.453 e. The number of nitrogens with one attached hydrogen (secondary N) is 4. The van der Waals surface area contributed by atoms with Crippen LogP contribution < -0.4 is 16.0 Å². The second-order valence-corrected chi connectivity index (χ2v) is 14.2. The Morgan fingerprint density at radius 3 is 2.39 bits per heavy atom. The van der Waals surface area contributed by atoms with E-state index in [1.54, 1.807) is 7.11 Å². The van der Waals surface area contributed by atoms with Crippen molar-refractivity contribution in [3.63, 3.8) is 0 Å². The second-order valence-electron chi connectivity index (χ2n) is 14.2. The van der Waals surface area contributed by atoms with E-state index in [0.29, 0.717) is 30.1 Å². The third-order valence-electron chi connectivity index (χ3n) is 10.6. The highest BCUT2D eigenvalue weighted by molar-refractivity contribution is 5.94. The Morgan fingerprint density at radius 1 is 1.09 bits per heavy atom. The first-order chi connectivity index (χ1) is 21.0. The summed E-state index contributed by atoms with van der Waals surface area (Å²) >= 11 is 0. The Kier molecular flexibility index (Phi) is 9.58. The van der Waals surface area contributed by atoms with Gasteiger partial charge >= 0.3 is 6.09 Å². The predicted octanol–water partition coefficient (Wildman–Crippen LogP) is 5.14. The summed E-state index contributed by atoms with van der Waals surface area (Å²) in [6.45, 7) is 9.03. The molecule has 4 unspecified atom stereocenters. The summed E-state index contributed by atoms with van der Waals surface area (Å²) < 4.78 is 10.7. The van der Waals surface area contributed by atoms with Gasteiger partial charge in [-0.3, -0.25) is 9.59 Å². The van der Waals surface area contributed by atoms with Gasteiger partial charge in [-0.15, -0.1) is 0 Å². The van der Waals surface area contributed by atoms with Crippen LogP contribution in [0.1, 0.15) is 96.5 Å². The van der Waals surface area contributed by atoms with Crippen LogP contribution in [-0.4, -0.2) is 61.3 Å². The van der Waals surface area contributed by atoms with E-state index in [4.69, 9.17) is 14.5 Å². The highest BCUT2D eigenvalue weighted by Crippen LogP contribution is 2.58. The van der Waals surface area contributed by atoms with Crippen LogP contribution in [0.15, 0.2) is 18.2 Å². The Bertz CT molecular complexity index is 1340. The average molecular weight is 610 g/mol. The summed E-state index contributed by atoms with van der Waals surface area (Å²) in [5.74, 6) is 2.23. The smallest absolute Gasteiger partial charge is 0.407 e. The summed E-state index contributed by atoms with van der Waals surface area (Å²) in [7, 11) is 2.98. The topological polar surface area (TPSA) is 134 Å². The highest BCUT2D eigenvalue weighted by atomic mass is 16.5. The lowest BCUT2D eigenvalue weighted by Gasteiger charge is -2.53. The minimum absolute atomic E-state index is 0.120. The molecule has 44 heavy (non-hydrogen) atoms. The van der Waals surface area contributed by atoms with Crippen molar-refractivity contribution in [2.75, 3.05) is 27.4 Å². The fraction of sp³-hybridized carbons (Fsp3) is 0.706. The van der Waals surface area contributed by atoms with Gasteiger partial charge in [-0.2, -0.15) is 0 Å². The maximum Gasteiger partial charge on any atom is 0.407 e. The van der Waals surface area contributed by atoms with E-state index in [1.807, 2.05) is 32.0 Å². The number of carbonyl (C=O) groups excluding carboxylic acids is 3. The molecule has 2 bridgehead atoms. The van der Waals surface area contributed by atoms with Crippen LogP contribution in [-0.2, 0) is 24.5 Å². The number of fused-ring (bicyclic) bond motifs is 3. The zero-order valence-corrected chi connectivity index (χ0v) is 27.3. The van der Waals surface area contributed by atoms with Crippen LogP contribution in [0, 0.1) is 29.1 Å². The van der Waals surface area contributed by atoms with Crippen molar-refractivity contribution >= 4 is 28.9 Å². The van der Waals surface area contributed by atoms with Crippen molar-refractivity contribution in [3.05, 3.63) is 29.6 Å². The Labute approximate surface area is 261 Å². The number of aromatic nitrogens is 2. The van der Waals surface area contributed by atoms with Crippen molar-refractivity contribution in [1.82, 2.24) is 25.9 Å². The Morgan fingerprint density at radius 2 is 1.80 bits per heavy atom. The van der Waals surface area contributed by atoms with Gasteiger partial charge in [0.2, 0.25) is 11.8 Å². The molecule has 3 aliphatic rings. The number of likely N-dealkylation sites (N-methyl/N-ethyl adjacent to an activating group) is 1. The number of aromatic amines is 1. The number of alkyl carbamates (subject to hydrolysis) is 1. The predicted molar refractivity (Wildman–Crippen MR) is 169 cm³/mol. The molecule has 0 aliphatic heterocycles. The van der Waals surface area contributed by atoms with Crippen molar-refractivity contribution in [3.8, 4) is 0 Å². The summed E-state index contributed by atoms with van der Waals surface area (Å²) in [5.41, 5.74) is 1.14. The SMILES string of the molecule is CCNC(=O)[C@H](NC(=O)C(C)(COC)c1ccc2nc(C(NC(=O)OC)C34CC(C)CC(CC(C)C3)C4)[nH]c2c1)C1CCC1.